The van der Waals surface area contributed by atoms with Crippen LogP contribution in [-0.2, 0) is 21.4 Å². The molecule has 34 heavy (non-hydrogen) atoms. The Morgan fingerprint density at radius 1 is 0.941 bits per heavy atom. The Bertz CT molecular complexity index is 1280. The predicted molar refractivity (Wildman–Crippen MR) is 132 cm³/mol. The number of nitrogens with one attached hydrogen (secondary N) is 2. The highest BCUT2D eigenvalue weighted by Crippen LogP contribution is 2.18. The number of nitrogens with zero attached hydrogens (tertiary/aromatic N) is 2. The lowest BCUT2D eigenvalue weighted by atomic mass is 10.1. The highest BCUT2D eigenvalue weighted by Gasteiger charge is 2.20. The molecule has 0 unspecified atom stereocenters. The average molecular weight is 479 g/mol. The Kier molecular flexibility index (Phi) is 7.93. The molecule has 0 aliphatic carbocycles. The molecule has 2 amide bonds. The fraction of sp³-hybridized carbons (Fsp3) is 0.160. The van der Waals surface area contributed by atoms with Gasteiger partial charge in [0.05, 0.1) is 11.1 Å². The summed E-state index contributed by atoms with van der Waals surface area (Å²) in [5.41, 5.74) is 6.01. The fourth-order valence-electron chi connectivity index (χ4n) is 3.08. The summed E-state index contributed by atoms with van der Waals surface area (Å²) in [4.78, 5) is 23.6. The zero-order valence-corrected chi connectivity index (χ0v) is 20.0. The third-order valence-electron chi connectivity index (χ3n) is 4.96. The van der Waals surface area contributed by atoms with Crippen molar-refractivity contribution in [1.82, 2.24) is 9.73 Å². The molecule has 0 fully saturated rings. The van der Waals surface area contributed by atoms with Gasteiger partial charge in [-0.2, -0.15) is 9.41 Å². The molecule has 0 aliphatic heterocycles. The molecule has 3 aromatic carbocycles. The molecule has 0 saturated heterocycles. The Morgan fingerprint density at radius 3 is 2.15 bits per heavy atom. The van der Waals surface area contributed by atoms with Crippen LogP contribution in [0.3, 0.4) is 0 Å². The zero-order chi connectivity index (χ0) is 24.7. The van der Waals surface area contributed by atoms with Gasteiger partial charge in [0.1, 0.15) is 0 Å². The number of carbonyl (C=O) groups excluding carboxylic acids is 2. The van der Waals surface area contributed by atoms with E-state index in [0.717, 1.165) is 16.7 Å². The van der Waals surface area contributed by atoms with Crippen molar-refractivity contribution in [2.24, 2.45) is 5.10 Å². The molecular formula is C25H26N4O4S. The first kappa shape index (κ1) is 24.8. The van der Waals surface area contributed by atoms with Gasteiger partial charge in [0.15, 0.2) is 0 Å². The number of benzene rings is 3. The van der Waals surface area contributed by atoms with Gasteiger partial charge in [-0.1, -0.05) is 42.0 Å². The zero-order valence-electron chi connectivity index (χ0n) is 19.1. The summed E-state index contributed by atoms with van der Waals surface area (Å²) in [6, 6.07) is 20.4. The normalized spacial score (nSPS) is 11.5. The Balaban J connectivity index is 1.57. The van der Waals surface area contributed by atoms with Gasteiger partial charge in [-0.25, -0.2) is 13.8 Å². The Morgan fingerprint density at radius 2 is 1.56 bits per heavy atom. The molecule has 3 rings (SSSR count). The quantitative estimate of drug-likeness (QED) is 0.381. The molecule has 0 spiro atoms. The van der Waals surface area contributed by atoms with Crippen LogP contribution in [0.2, 0.25) is 0 Å². The largest absolute Gasteiger partial charge is 0.326 e. The third kappa shape index (κ3) is 6.60. The monoisotopic (exact) mass is 478 g/mol. The predicted octanol–water partition coefficient (Wildman–Crippen LogP) is 3.54. The lowest BCUT2D eigenvalue weighted by Gasteiger charge is -2.17. The maximum atomic E-state index is 12.8. The second-order valence-corrected chi connectivity index (χ2v) is 9.82. The third-order valence-corrected chi connectivity index (χ3v) is 6.78. The highest BCUT2D eigenvalue weighted by atomic mass is 32.2. The standard InChI is InChI=1S/C25H26N4O4S/c1-18-4-14-24(15-5-18)34(32,33)29(3)17-21-6-10-22(11-7-21)25(31)28-26-16-20-8-12-23(13-9-20)27-19(2)30/h4-16H,17H2,1-3H3,(H,27,30)(H,28,31). The molecule has 8 nitrogen and oxygen atoms in total. The number of sulfonamides is 1. The van der Waals surface area contributed by atoms with Gasteiger partial charge in [0.2, 0.25) is 15.9 Å². The number of hydrazone groups is 1. The van der Waals surface area contributed by atoms with Gasteiger partial charge in [-0.15, -0.1) is 0 Å². The van der Waals surface area contributed by atoms with Crippen molar-refractivity contribution in [3.8, 4) is 0 Å². The van der Waals surface area contributed by atoms with Crippen molar-refractivity contribution in [2.75, 3.05) is 12.4 Å². The summed E-state index contributed by atoms with van der Waals surface area (Å²) >= 11 is 0. The van der Waals surface area contributed by atoms with E-state index in [-0.39, 0.29) is 17.3 Å². The molecule has 3 aromatic rings. The summed E-state index contributed by atoms with van der Waals surface area (Å²) in [6.45, 7) is 3.50. The van der Waals surface area contributed by atoms with Gasteiger partial charge in [0, 0.05) is 31.8 Å². The SMILES string of the molecule is CC(=O)Nc1ccc(C=NNC(=O)c2ccc(CN(C)S(=O)(=O)c3ccc(C)cc3)cc2)cc1. The Hall–Kier alpha value is -3.82. The van der Waals surface area contributed by atoms with Crippen molar-refractivity contribution < 1.29 is 18.0 Å². The van der Waals surface area contributed by atoms with E-state index in [2.05, 4.69) is 15.8 Å². The summed E-state index contributed by atoms with van der Waals surface area (Å²) in [7, 11) is -2.09. The first-order valence-corrected chi connectivity index (χ1v) is 11.9. The highest BCUT2D eigenvalue weighted by molar-refractivity contribution is 7.89. The summed E-state index contributed by atoms with van der Waals surface area (Å²) in [5, 5.41) is 6.62. The van der Waals surface area contributed by atoms with Crippen molar-refractivity contribution in [3.05, 3.63) is 95.1 Å². The van der Waals surface area contributed by atoms with E-state index in [1.165, 1.54) is 24.5 Å². The summed E-state index contributed by atoms with van der Waals surface area (Å²) in [6.07, 6.45) is 1.49. The van der Waals surface area contributed by atoms with Crippen LogP contribution in [0.1, 0.15) is 34.0 Å². The molecule has 0 radical (unpaired) electrons. The molecule has 0 aliphatic rings. The number of rotatable bonds is 8. The molecule has 0 heterocycles. The van der Waals surface area contributed by atoms with Gasteiger partial charge < -0.3 is 5.32 Å². The first-order chi connectivity index (χ1) is 16.1. The minimum absolute atomic E-state index is 0.153. The molecule has 0 atom stereocenters. The second kappa shape index (κ2) is 10.9. The van der Waals surface area contributed by atoms with Gasteiger partial charge in [-0.3, -0.25) is 9.59 Å². The van der Waals surface area contributed by atoms with Gasteiger partial charge >= 0.3 is 0 Å². The van der Waals surface area contributed by atoms with E-state index in [1.807, 2.05) is 6.92 Å². The molecular weight excluding hydrogens is 452 g/mol. The molecule has 2 N–H and O–H groups in total. The van der Waals surface area contributed by atoms with E-state index in [1.54, 1.807) is 72.8 Å². The van der Waals surface area contributed by atoms with Crippen LogP contribution < -0.4 is 10.7 Å². The van der Waals surface area contributed by atoms with Crippen LogP contribution in [-0.4, -0.2) is 37.8 Å². The van der Waals surface area contributed by atoms with E-state index >= 15 is 0 Å². The number of hydrogen-bond acceptors (Lipinski definition) is 5. The smallest absolute Gasteiger partial charge is 0.271 e. The van der Waals surface area contributed by atoms with Crippen molar-refractivity contribution >= 4 is 33.7 Å². The minimum Gasteiger partial charge on any atom is -0.326 e. The molecule has 9 heteroatoms. The number of carbonyl (C=O) groups is 2. The van der Waals surface area contributed by atoms with Crippen LogP contribution in [0.5, 0.6) is 0 Å². The maximum Gasteiger partial charge on any atom is 0.271 e. The lowest BCUT2D eigenvalue weighted by Crippen LogP contribution is -2.26. The molecule has 0 bridgehead atoms. The van der Waals surface area contributed by atoms with Crippen LogP contribution in [0.25, 0.3) is 0 Å². The van der Waals surface area contributed by atoms with Crippen LogP contribution in [0.4, 0.5) is 5.69 Å². The van der Waals surface area contributed by atoms with Gasteiger partial charge in [-0.05, 0) is 54.4 Å². The minimum atomic E-state index is -3.61. The average Bonchev–Trinajstić information content (AvgIpc) is 2.80. The van der Waals surface area contributed by atoms with E-state index in [0.29, 0.717) is 11.3 Å². The van der Waals surface area contributed by atoms with Crippen molar-refractivity contribution in [3.63, 3.8) is 0 Å². The van der Waals surface area contributed by atoms with Crippen LogP contribution in [0, 0.1) is 6.92 Å². The molecule has 176 valence electrons. The van der Waals surface area contributed by atoms with Crippen LogP contribution in [0.15, 0.2) is 82.8 Å². The van der Waals surface area contributed by atoms with Crippen molar-refractivity contribution in [1.29, 1.82) is 0 Å². The van der Waals surface area contributed by atoms with Crippen molar-refractivity contribution in [2.45, 2.75) is 25.3 Å². The van der Waals surface area contributed by atoms with Gasteiger partial charge in [0.25, 0.3) is 5.91 Å². The first-order valence-electron chi connectivity index (χ1n) is 10.5. The number of amides is 2. The fourth-order valence-corrected chi connectivity index (χ4v) is 4.24. The number of hydrogen-bond donors (Lipinski definition) is 2. The molecule has 0 aromatic heterocycles. The Labute approximate surface area is 199 Å². The number of aryl methyl sites for hydroxylation is 1. The maximum absolute atomic E-state index is 12.8. The number of anilines is 1. The van der Waals surface area contributed by atoms with Crippen LogP contribution >= 0.6 is 0 Å². The van der Waals surface area contributed by atoms with E-state index in [9.17, 15) is 18.0 Å². The topological polar surface area (TPSA) is 108 Å². The summed E-state index contributed by atoms with van der Waals surface area (Å²) in [5.74, 6) is -0.544. The lowest BCUT2D eigenvalue weighted by molar-refractivity contribution is -0.114. The second-order valence-electron chi connectivity index (χ2n) is 7.77. The van der Waals surface area contributed by atoms with E-state index in [4.69, 9.17) is 0 Å². The van der Waals surface area contributed by atoms with E-state index < -0.39 is 15.9 Å². The molecule has 0 saturated carbocycles. The summed E-state index contributed by atoms with van der Waals surface area (Å²) < 4.78 is 26.8.